The summed E-state index contributed by atoms with van der Waals surface area (Å²) in [6.45, 7) is 1.04. The molecule has 4 aromatic rings. The first kappa shape index (κ1) is 18.8. The van der Waals surface area contributed by atoms with Crippen LogP contribution in [0, 0.1) is 0 Å². The van der Waals surface area contributed by atoms with Gasteiger partial charge in [0, 0.05) is 34.0 Å². The van der Waals surface area contributed by atoms with Gasteiger partial charge in [-0.25, -0.2) is 4.98 Å². The fourth-order valence-corrected chi connectivity index (χ4v) is 5.01. The highest BCUT2D eigenvalue weighted by atomic mass is 32.1. The van der Waals surface area contributed by atoms with E-state index < -0.39 is 0 Å². The number of benzene rings is 1. The van der Waals surface area contributed by atoms with Gasteiger partial charge in [0.05, 0.1) is 24.9 Å². The summed E-state index contributed by atoms with van der Waals surface area (Å²) in [6, 6.07) is 9.18. The molecule has 1 N–H and O–H groups in total. The summed E-state index contributed by atoms with van der Waals surface area (Å²) < 4.78 is 12.6. The summed E-state index contributed by atoms with van der Waals surface area (Å²) in [4.78, 5) is 31.7. The average molecular weight is 440 g/mol. The highest BCUT2D eigenvalue weighted by molar-refractivity contribution is 7.18. The van der Waals surface area contributed by atoms with Crippen molar-refractivity contribution in [2.24, 2.45) is 0 Å². The van der Waals surface area contributed by atoms with Crippen LogP contribution in [-0.4, -0.2) is 28.7 Å². The van der Waals surface area contributed by atoms with Crippen molar-refractivity contribution in [2.75, 3.05) is 18.5 Å². The molecule has 7 nitrogen and oxygen atoms in total. The Morgan fingerprint density at radius 1 is 1.17 bits per heavy atom. The second-order valence-corrected chi connectivity index (χ2v) is 8.55. The Bertz CT molecular complexity index is 1280. The Morgan fingerprint density at radius 3 is 2.87 bits per heavy atom. The number of anilines is 1. The maximum atomic E-state index is 13.0. The SMILES string of the molecule is O=C(Cn1cnc2scc(-c3cccs3)c2c1=O)Nc1ccc2c(c1)OCCCO2. The fraction of sp³-hybridized carbons (Fsp3) is 0.190. The van der Waals surface area contributed by atoms with Gasteiger partial charge in [-0.1, -0.05) is 6.07 Å². The van der Waals surface area contributed by atoms with Gasteiger partial charge in [-0.05, 0) is 23.6 Å². The minimum Gasteiger partial charge on any atom is -0.490 e. The first-order chi connectivity index (χ1) is 14.7. The van der Waals surface area contributed by atoms with Crippen molar-refractivity contribution in [3.8, 4) is 21.9 Å². The molecule has 1 aliphatic rings. The second-order valence-electron chi connectivity index (χ2n) is 6.74. The zero-order valence-electron chi connectivity index (χ0n) is 15.8. The van der Waals surface area contributed by atoms with Gasteiger partial charge in [-0.3, -0.25) is 14.2 Å². The molecular formula is C21H17N3O4S2. The van der Waals surface area contributed by atoms with Gasteiger partial charge in [-0.15, -0.1) is 22.7 Å². The minimum absolute atomic E-state index is 0.129. The number of carbonyl (C=O) groups is 1. The Kier molecular flexibility index (Phi) is 4.97. The van der Waals surface area contributed by atoms with Gasteiger partial charge < -0.3 is 14.8 Å². The Balaban J connectivity index is 1.39. The Morgan fingerprint density at radius 2 is 2.03 bits per heavy atom. The number of ether oxygens (including phenoxy) is 2. The largest absolute Gasteiger partial charge is 0.490 e. The summed E-state index contributed by atoms with van der Waals surface area (Å²) in [7, 11) is 0. The molecule has 0 saturated carbocycles. The first-order valence-corrected chi connectivity index (χ1v) is 11.1. The van der Waals surface area contributed by atoms with Crippen molar-refractivity contribution in [2.45, 2.75) is 13.0 Å². The molecule has 1 aromatic carbocycles. The van der Waals surface area contributed by atoms with Gasteiger partial charge >= 0.3 is 0 Å². The fourth-order valence-electron chi connectivity index (χ4n) is 3.29. The molecule has 0 aliphatic carbocycles. The lowest BCUT2D eigenvalue weighted by molar-refractivity contribution is -0.116. The van der Waals surface area contributed by atoms with Crippen LogP contribution in [0.5, 0.6) is 11.5 Å². The highest BCUT2D eigenvalue weighted by Crippen LogP contribution is 2.34. The van der Waals surface area contributed by atoms with Crippen LogP contribution < -0.4 is 20.3 Å². The maximum Gasteiger partial charge on any atom is 0.263 e. The monoisotopic (exact) mass is 439 g/mol. The van der Waals surface area contributed by atoms with Gasteiger partial charge in [0.2, 0.25) is 5.91 Å². The third-order valence-electron chi connectivity index (χ3n) is 4.69. The number of hydrogen-bond acceptors (Lipinski definition) is 7. The van der Waals surface area contributed by atoms with Crippen molar-refractivity contribution in [1.82, 2.24) is 9.55 Å². The van der Waals surface area contributed by atoms with Crippen LogP contribution in [0.3, 0.4) is 0 Å². The molecule has 9 heteroatoms. The zero-order valence-corrected chi connectivity index (χ0v) is 17.4. The van der Waals surface area contributed by atoms with E-state index in [1.165, 1.54) is 22.2 Å². The normalized spacial score (nSPS) is 13.2. The highest BCUT2D eigenvalue weighted by Gasteiger charge is 2.16. The van der Waals surface area contributed by atoms with Crippen LogP contribution in [0.4, 0.5) is 5.69 Å². The average Bonchev–Trinajstić information content (AvgIpc) is 3.35. The number of thiophene rings is 2. The Labute approximate surface area is 179 Å². The quantitative estimate of drug-likeness (QED) is 0.520. The van der Waals surface area contributed by atoms with Crippen molar-refractivity contribution < 1.29 is 14.3 Å². The molecule has 4 heterocycles. The predicted octanol–water partition coefficient (Wildman–Crippen LogP) is 3.99. The molecule has 0 radical (unpaired) electrons. The number of rotatable bonds is 4. The van der Waals surface area contributed by atoms with Crippen LogP contribution in [-0.2, 0) is 11.3 Å². The van der Waals surface area contributed by atoms with E-state index >= 15 is 0 Å². The van der Waals surface area contributed by atoms with E-state index in [9.17, 15) is 9.59 Å². The smallest absolute Gasteiger partial charge is 0.263 e. The van der Waals surface area contributed by atoms with Gasteiger partial charge in [0.15, 0.2) is 11.5 Å². The second kappa shape index (κ2) is 7.92. The third kappa shape index (κ3) is 3.57. The van der Waals surface area contributed by atoms with Crippen LogP contribution >= 0.6 is 22.7 Å². The summed E-state index contributed by atoms with van der Waals surface area (Å²) in [6.07, 6.45) is 2.23. The molecule has 0 atom stereocenters. The Hall–Kier alpha value is -3.17. The van der Waals surface area contributed by atoms with Crippen molar-refractivity contribution >= 4 is 44.5 Å². The standard InChI is InChI=1S/C21H17N3O4S2/c25-18(23-13-4-5-15-16(9-13)28-7-2-6-27-15)10-24-12-22-20-19(21(24)26)14(11-30-20)17-3-1-8-29-17/h1,3-5,8-9,11-12H,2,6-7,10H2,(H,23,25). The predicted molar refractivity (Wildman–Crippen MR) is 118 cm³/mol. The van der Waals surface area contributed by atoms with E-state index in [1.807, 2.05) is 22.9 Å². The number of hydrogen-bond donors (Lipinski definition) is 1. The van der Waals surface area contributed by atoms with Crippen molar-refractivity contribution in [3.63, 3.8) is 0 Å². The van der Waals surface area contributed by atoms with E-state index in [0.717, 1.165) is 16.9 Å². The van der Waals surface area contributed by atoms with Crippen molar-refractivity contribution in [3.05, 3.63) is 57.8 Å². The topological polar surface area (TPSA) is 82.5 Å². The van der Waals surface area contributed by atoms with E-state index in [-0.39, 0.29) is 18.0 Å². The molecule has 0 unspecified atom stereocenters. The number of fused-ring (bicyclic) bond motifs is 2. The third-order valence-corrected chi connectivity index (χ3v) is 6.48. The zero-order chi connectivity index (χ0) is 20.5. The molecule has 0 bridgehead atoms. The van der Waals surface area contributed by atoms with Crippen LogP contribution in [0.2, 0.25) is 0 Å². The molecule has 5 rings (SSSR count). The number of nitrogens with one attached hydrogen (secondary N) is 1. The number of carbonyl (C=O) groups excluding carboxylic acids is 1. The first-order valence-electron chi connectivity index (χ1n) is 9.39. The van der Waals surface area contributed by atoms with Gasteiger partial charge in [0.25, 0.3) is 5.56 Å². The molecule has 0 spiro atoms. The molecule has 3 aromatic heterocycles. The van der Waals surface area contributed by atoms with E-state index in [1.54, 1.807) is 29.5 Å². The van der Waals surface area contributed by atoms with Crippen LogP contribution in [0.25, 0.3) is 20.7 Å². The van der Waals surface area contributed by atoms with Crippen molar-refractivity contribution in [1.29, 1.82) is 0 Å². The summed E-state index contributed by atoms with van der Waals surface area (Å²) in [5.41, 5.74) is 1.22. The molecule has 0 fully saturated rings. The molecular weight excluding hydrogens is 422 g/mol. The van der Waals surface area contributed by atoms with E-state index in [0.29, 0.717) is 40.6 Å². The molecule has 152 valence electrons. The number of aromatic nitrogens is 2. The molecule has 1 aliphatic heterocycles. The van der Waals surface area contributed by atoms with Gasteiger partial charge in [0.1, 0.15) is 11.4 Å². The minimum atomic E-state index is -0.319. The number of amides is 1. The van der Waals surface area contributed by atoms with Gasteiger partial charge in [-0.2, -0.15) is 0 Å². The lowest BCUT2D eigenvalue weighted by Crippen LogP contribution is -2.27. The number of nitrogens with zero attached hydrogens (tertiary/aromatic N) is 2. The lowest BCUT2D eigenvalue weighted by Gasteiger charge is -2.11. The van der Waals surface area contributed by atoms with E-state index in [4.69, 9.17) is 9.47 Å². The van der Waals surface area contributed by atoms with Crippen LogP contribution in [0.1, 0.15) is 6.42 Å². The maximum absolute atomic E-state index is 13.0. The summed E-state index contributed by atoms with van der Waals surface area (Å²) in [5.74, 6) is 0.944. The molecule has 30 heavy (non-hydrogen) atoms. The summed E-state index contributed by atoms with van der Waals surface area (Å²) >= 11 is 3.00. The van der Waals surface area contributed by atoms with Crippen LogP contribution in [0.15, 0.2) is 52.2 Å². The molecule has 1 amide bonds. The lowest BCUT2D eigenvalue weighted by atomic mass is 10.2. The molecule has 0 saturated heterocycles. The summed E-state index contributed by atoms with van der Waals surface area (Å²) in [5, 5.41) is 7.27. The van der Waals surface area contributed by atoms with E-state index in [2.05, 4.69) is 10.3 Å².